The van der Waals surface area contributed by atoms with Crippen molar-refractivity contribution in [3.8, 4) is 5.75 Å². The highest BCUT2D eigenvalue weighted by Crippen LogP contribution is 2.29. The predicted molar refractivity (Wildman–Crippen MR) is 85.2 cm³/mol. The highest BCUT2D eigenvalue weighted by Gasteiger charge is 2.16. The van der Waals surface area contributed by atoms with Crippen LogP contribution in [0.3, 0.4) is 0 Å². The Kier molecular flexibility index (Phi) is 6.33. The summed E-state index contributed by atoms with van der Waals surface area (Å²) in [5, 5.41) is 3.44. The van der Waals surface area contributed by atoms with Gasteiger partial charge in [0.05, 0.1) is 17.2 Å². The van der Waals surface area contributed by atoms with E-state index in [9.17, 15) is 0 Å². The Balaban J connectivity index is 1.90. The van der Waals surface area contributed by atoms with E-state index in [1.807, 2.05) is 12.1 Å². The number of hydrogen-bond acceptors (Lipinski definition) is 3. The van der Waals surface area contributed by atoms with E-state index >= 15 is 0 Å². The van der Waals surface area contributed by atoms with Gasteiger partial charge in [-0.15, -0.1) is 0 Å². The number of ether oxygens (including phenoxy) is 2. The summed E-state index contributed by atoms with van der Waals surface area (Å²) in [7, 11) is 0. The lowest BCUT2D eigenvalue weighted by Crippen LogP contribution is -2.22. The maximum atomic E-state index is 6.00. The number of halogens is 1. The zero-order valence-electron chi connectivity index (χ0n) is 12.3. The molecule has 112 valence electrons. The first-order valence-electron chi connectivity index (χ1n) is 7.42. The molecule has 0 spiro atoms. The molecule has 4 heteroatoms. The van der Waals surface area contributed by atoms with Crippen molar-refractivity contribution in [3.05, 3.63) is 28.2 Å². The molecule has 1 unspecified atom stereocenters. The minimum Gasteiger partial charge on any atom is -0.492 e. The molecule has 0 aliphatic carbocycles. The second-order valence-corrected chi connectivity index (χ2v) is 6.39. The van der Waals surface area contributed by atoms with Crippen molar-refractivity contribution in [3.63, 3.8) is 0 Å². The third kappa shape index (κ3) is 4.76. The third-order valence-electron chi connectivity index (χ3n) is 3.46. The normalized spacial score (nSPS) is 18.7. The van der Waals surface area contributed by atoms with Crippen molar-refractivity contribution >= 4 is 15.9 Å². The van der Waals surface area contributed by atoms with Crippen molar-refractivity contribution in [2.24, 2.45) is 0 Å². The Morgan fingerprint density at radius 3 is 3.00 bits per heavy atom. The van der Waals surface area contributed by atoms with Gasteiger partial charge in [0, 0.05) is 31.2 Å². The van der Waals surface area contributed by atoms with E-state index in [4.69, 9.17) is 9.47 Å². The molecule has 1 atom stereocenters. The summed E-state index contributed by atoms with van der Waals surface area (Å²) < 4.78 is 12.6. The largest absolute Gasteiger partial charge is 0.492 e. The van der Waals surface area contributed by atoms with Crippen molar-refractivity contribution in [1.29, 1.82) is 0 Å². The molecule has 0 amide bonds. The predicted octanol–water partition coefficient (Wildman–Crippen LogP) is 3.90. The Bertz CT molecular complexity index is 417. The van der Waals surface area contributed by atoms with Crippen LogP contribution in [-0.4, -0.2) is 25.4 Å². The van der Waals surface area contributed by atoms with Crippen molar-refractivity contribution in [2.75, 3.05) is 13.2 Å². The summed E-state index contributed by atoms with van der Waals surface area (Å²) in [5.41, 5.74) is 1.19. The van der Waals surface area contributed by atoms with Gasteiger partial charge in [0.15, 0.2) is 0 Å². The molecule has 0 saturated carbocycles. The summed E-state index contributed by atoms with van der Waals surface area (Å²) in [5.74, 6) is 0.957. The summed E-state index contributed by atoms with van der Waals surface area (Å²) in [6.07, 6.45) is 3.71. The molecule has 1 aromatic carbocycles. The average molecular weight is 342 g/mol. The van der Waals surface area contributed by atoms with Crippen molar-refractivity contribution < 1.29 is 9.47 Å². The lowest BCUT2D eigenvalue weighted by molar-refractivity contribution is 0.0901. The quantitative estimate of drug-likeness (QED) is 0.815. The zero-order valence-corrected chi connectivity index (χ0v) is 13.9. The van der Waals surface area contributed by atoms with E-state index in [2.05, 4.69) is 41.2 Å². The molecule has 1 aliphatic heterocycles. The van der Waals surface area contributed by atoms with E-state index in [0.29, 0.717) is 18.8 Å². The SMILES string of the molecule is CC(C)NCc1cccc(Br)c1OCCC1CCCO1. The van der Waals surface area contributed by atoms with E-state index in [-0.39, 0.29) is 0 Å². The molecule has 0 bridgehead atoms. The molecule has 1 heterocycles. The van der Waals surface area contributed by atoms with Crippen LogP contribution in [0.2, 0.25) is 0 Å². The average Bonchev–Trinajstić information content (AvgIpc) is 2.92. The van der Waals surface area contributed by atoms with Crippen LogP contribution in [-0.2, 0) is 11.3 Å². The Morgan fingerprint density at radius 1 is 1.45 bits per heavy atom. The van der Waals surface area contributed by atoms with Crippen LogP contribution in [0.1, 0.15) is 38.7 Å². The molecule has 1 fully saturated rings. The van der Waals surface area contributed by atoms with Crippen LogP contribution in [0.25, 0.3) is 0 Å². The highest BCUT2D eigenvalue weighted by atomic mass is 79.9. The molecule has 2 rings (SSSR count). The molecule has 0 radical (unpaired) electrons. The molecule has 1 saturated heterocycles. The molecule has 1 aliphatic rings. The highest BCUT2D eigenvalue weighted by molar-refractivity contribution is 9.10. The van der Waals surface area contributed by atoms with Gasteiger partial charge in [0.2, 0.25) is 0 Å². The minimum absolute atomic E-state index is 0.384. The van der Waals surface area contributed by atoms with Crippen LogP contribution in [0.4, 0.5) is 0 Å². The van der Waals surface area contributed by atoms with Crippen molar-refractivity contribution in [1.82, 2.24) is 5.32 Å². The van der Waals surface area contributed by atoms with Gasteiger partial charge in [-0.2, -0.15) is 0 Å². The lowest BCUT2D eigenvalue weighted by Gasteiger charge is -2.16. The Hall–Kier alpha value is -0.580. The smallest absolute Gasteiger partial charge is 0.137 e. The fourth-order valence-corrected chi connectivity index (χ4v) is 2.85. The summed E-state index contributed by atoms with van der Waals surface area (Å²) in [6, 6.07) is 6.66. The first kappa shape index (κ1) is 15.8. The topological polar surface area (TPSA) is 30.5 Å². The Morgan fingerprint density at radius 2 is 2.30 bits per heavy atom. The lowest BCUT2D eigenvalue weighted by atomic mass is 10.2. The maximum Gasteiger partial charge on any atom is 0.137 e. The molecular weight excluding hydrogens is 318 g/mol. The molecule has 0 aromatic heterocycles. The van der Waals surface area contributed by atoms with Crippen LogP contribution in [0.5, 0.6) is 5.75 Å². The number of hydrogen-bond donors (Lipinski definition) is 1. The van der Waals surface area contributed by atoms with Gasteiger partial charge < -0.3 is 14.8 Å². The standard InChI is InChI=1S/C16H24BrNO2/c1-12(2)18-11-13-5-3-7-15(17)16(13)20-10-8-14-6-4-9-19-14/h3,5,7,12,14,18H,4,6,8-11H2,1-2H3. The van der Waals surface area contributed by atoms with Gasteiger partial charge in [0.1, 0.15) is 5.75 Å². The summed E-state index contributed by atoms with van der Waals surface area (Å²) >= 11 is 3.58. The molecule has 1 N–H and O–H groups in total. The van der Waals surface area contributed by atoms with Crippen LogP contribution in [0, 0.1) is 0 Å². The van der Waals surface area contributed by atoms with E-state index < -0.39 is 0 Å². The molecule has 3 nitrogen and oxygen atoms in total. The first-order valence-corrected chi connectivity index (χ1v) is 8.21. The van der Waals surface area contributed by atoms with Crippen LogP contribution < -0.4 is 10.1 Å². The summed E-state index contributed by atoms with van der Waals surface area (Å²) in [6.45, 7) is 6.74. The van der Waals surface area contributed by atoms with Gasteiger partial charge in [-0.05, 0) is 34.8 Å². The van der Waals surface area contributed by atoms with Gasteiger partial charge in [-0.3, -0.25) is 0 Å². The van der Waals surface area contributed by atoms with E-state index in [0.717, 1.165) is 29.8 Å². The summed E-state index contributed by atoms with van der Waals surface area (Å²) in [4.78, 5) is 0. The number of nitrogens with one attached hydrogen (secondary N) is 1. The zero-order chi connectivity index (χ0) is 14.4. The second-order valence-electron chi connectivity index (χ2n) is 5.54. The van der Waals surface area contributed by atoms with E-state index in [1.54, 1.807) is 0 Å². The van der Waals surface area contributed by atoms with Gasteiger partial charge in [-0.1, -0.05) is 26.0 Å². The monoisotopic (exact) mass is 341 g/mol. The van der Waals surface area contributed by atoms with Crippen LogP contribution >= 0.6 is 15.9 Å². The fourth-order valence-electron chi connectivity index (χ4n) is 2.33. The number of benzene rings is 1. The molecular formula is C16H24BrNO2. The number of rotatable bonds is 7. The van der Waals surface area contributed by atoms with Crippen LogP contribution in [0.15, 0.2) is 22.7 Å². The maximum absolute atomic E-state index is 6.00. The fraction of sp³-hybridized carbons (Fsp3) is 0.625. The number of para-hydroxylation sites is 1. The minimum atomic E-state index is 0.384. The van der Waals surface area contributed by atoms with E-state index in [1.165, 1.54) is 18.4 Å². The second kappa shape index (κ2) is 8.01. The van der Waals surface area contributed by atoms with Gasteiger partial charge >= 0.3 is 0 Å². The Labute approximate surface area is 130 Å². The molecule has 1 aromatic rings. The third-order valence-corrected chi connectivity index (χ3v) is 4.08. The molecule has 20 heavy (non-hydrogen) atoms. The van der Waals surface area contributed by atoms with Crippen molar-refractivity contribution in [2.45, 2.75) is 51.8 Å². The van der Waals surface area contributed by atoms with Gasteiger partial charge in [-0.25, -0.2) is 0 Å². The first-order chi connectivity index (χ1) is 9.66. The van der Waals surface area contributed by atoms with Gasteiger partial charge in [0.25, 0.3) is 0 Å².